The quantitative estimate of drug-likeness (QED) is 0.841. The molecule has 0 spiro atoms. The Kier molecular flexibility index (Phi) is 3.93. The van der Waals surface area contributed by atoms with Crippen molar-refractivity contribution in [3.8, 4) is 0 Å². The van der Waals surface area contributed by atoms with Gasteiger partial charge in [0, 0.05) is 31.4 Å². The van der Waals surface area contributed by atoms with Crippen molar-refractivity contribution >= 4 is 17.5 Å². The third kappa shape index (κ3) is 2.81. The first-order valence-corrected chi connectivity index (χ1v) is 7.69. The number of piperidine rings is 1. The fourth-order valence-corrected chi connectivity index (χ4v) is 3.46. The lowest BCUT2D eigenvalue weighted by Gasteiger charge is -2.37. The summed E-state index contributed by atoms with van der Waals surface area (Å²) in [5.74, 6) is -0.614. The number of fused-ring (bicyclic) bond motifs is 1. The third-order valence-corrected chi connectivity index (χ3v) is 4.76. The van der Waals surface area contributed by atoms with E-state index >= 15 is 0 Å². The number of likely N-dealkylation sites (N-methyl/N-ethyl adjacent to an activating group) is 1. The Morgan fingerprint density at radius 2 is 2.04 bits per heavy atom. The molecule has 1 aromatic rings. The minimum absolute atomic E-state index is 0.0623. The Hall–Kier alpha value is -2.25. The minimum Gasteiger partial charge on any atom is -0.369 e. The summed E-state index contributed by atoms with van der Waals surface area (Å²) in [5, 5.41) is 2.85. The molecule has 0 radical (unpaired) electrons. The van der Waals surface area contributed by atoms with Crippen LogP contribution in [0, 0.1) is 0 Å². The number of ketones is 1. The van der Waals surface area contributed by atoms with E-state index in [1.54, 1.807) is 11.9 Å². The molecule has 0 aromatic heterocycles. The van der Waals surface area contributed by atoms with Crippen LogP contribution in [0.2, 0.25) is 0 Å². The number of hydrogen-bond donors (Lipinski definition) is 1. The smallest absolute Gasteiger partial charge is 0.369 e. The summed E-state index contributed by atoms with van der Waals surface area (Å²) < 4.78 is 39.7. The van der Waals surface area contributed by atoms with Gasteiger partial charge in [-0.2, -0.15) is 13.2 Å². The SMILES string of the molecule is CC(=O)c1ccc(N2CC[C@H]3[C@@H](C2)NC(=O)N3C)cc1C(F)(F)F. The second-order valence-electron chi connectivity index (χ2n) is 6.25. The van der Waals surface area contributed by atoms with Crippen LogP contribution in [0.25, 0.3) is 0 Å². The first kappa shape index (κ1) is 16.6. The molecule has 2 fully saturated rings. The number of alkyl halides is 3. The van der Waals surface area contributed by atoms with Crippen LogP contribution in [0.3, 0.4) is 0 Å². The molecule has 2 atom stereocenters. The average Bonchev–Trinajstić information content (AvgIpc) is 2.80. The summed E-state index contributed by atoms with van der Waals surface area (Å²) in [6.07, 6.45) is -3.91. The normalized spacial score (nSPS) is 24.0. The highest BCUT2D eigenvalue weighted by Gasteiger charge is 2.41. The molecule has 2 aliphatic heterocycles. The molecule has 24 heavy (non-hydrogen) atoms. The van der Waals surface area contributed by atoms with Crippen LogP contribution in [-0.2, 0) is 6.18 Å². The molecule has 2 saturated heterocycles. The summed E-state index contributed by atoms with van der Waals surface area (Å²) in [6, 6.07) is 3.58. The molecule has 0 bridgehead atoms. The van der Waals surface area contributed by atoms with Gasteiger partial charge in [-0.1, -0.05) is 0 Å². The van der Waals surface area contributed by atoms with Gasteiger partial charge in [-0.3, -0.25) is 4.79 Å². The van der Waals surface area contributed by atoms with Crippen molar-refractivity contribution in [2.45, 2.75) is 31.6 Å². The van der Waals surface area contributed by atoms with Gasteiger partial charge < -0.3 is 15.1 Å². The maximum atomic E-state index is 13.2. The molecule has 1 aromatic carbocycles. The fourth-order valence-electron chi connectivity index (χ4n) is 3.46. The molecule has 0 aliphatic carbocycles. The van der Waals surface area contributed by atoms with Gasteiger partial charge in [0.2, 0.25) is 0 Å². The Bertz CT molecular complexity index is 690. The fraction of sp³-hybridized carbons (Fsp3) is 0.500. The molecule has 0 unspecified atom stereocenters. The van der Waals surface area contributed by atoms with Crippen molar-refractivity contribution in [2.24, 2.45) is 0 Å². The molecule has 2 amide bonds. The summed E-state index contributed by atoms with van der Waals surface area (Å²) in [4.78, 5) is 26.6. The van der Waals surface area contributed by atoms with E-state index in [9.17, 15) is 22.8 Å². The number of carbonyl (C=O) groups excluding carboxylic acids is 2. The Balaban J connectivity index is 1.88. The van der Waals surface area contributed by atoms with Gasteiger partial charge in [0.25, 0.3) is 0 Å². The van der Waals surface area contributed by atoms with Crippen molar-refractivity contribution in [3.05, 3.63) is 29.3 Å². The molecule has 0 saturated carbocycles. The largest absolute Gasteiger partial charge is 0.417 e. The lowest BCUT2D eigenvalue weighted by molar-refractivity contribution is -0.137. The average molecular weight is 341 g/mol. The molecule has 2 heterocycles. The molecule has 1 N–H and O–H groups in total. The van der Waals surface area contributed by atoms with Crippen LogP contribution in [0.4, 0.5) is 23.7 Å². The summed E-state index contributed by atoms with van der Waals surface area (Å²) in [7, 11) is 1.72. The monoisotopic (exact) mass is 341 g/mol. The van der Waals surface area contributed by atoms with Crippen molar-refractivity contribution in [2.75, 3.05) is 25.0 Å². The number of hydrogen-bond acceptors (Lipinski definition) is 3. The van der Waals surface area contributed by atoms with Gasteiger partial charge in [-0.15, -0.1) is 0 Å². The number of halogens is 3. The second kappa shape index (κ2) is 5.68. The lowest BCUT2D eigenvalue weighted by Crippen LogP contribution is -2.50. The molecule has 5 nitrogen and oxygen atoms in total. The van der Waals surface area contributed by atoms with E-state index in [4.69, 9.17) is 0 Å². The number of carbonyl (C=O) groups is 2. The van der Waals surface area contributed by atoms with E-state index in [-0.39, 0.29) is 23.7 Å². The van der Waals surface area contributed by atoms with Crippen molar-refractivity contribution in [1.82, 2.24) is 10.2 Å². The van der Waals surface area contributed by atoms with E-state index in [0.717, 1.165) is 13.0 Å². The number of urea groups is 1. The number of nitrogens with zero attached hydrogens (tertiary/aromatic N) is 2. The van der Waals surface area contributed by atoms with Crippen molar-refractivity contribution < 1.29 is 22.8 Å². The van der Waals surface area contributed by atoms with Gasteiger partial charge in [-0.05, 0) is 31.5 Å². The lowest BCUT2D eigenvalue weighted by atomic mass is 9.98. The number of benzene rings is 1. The zero-order valence-electron chi connectivity index (χ0n) is 13.4. The number of anilines is 1. The van der Waals surface area contributed by atoms with E-state index in [2.05, 4.69) is 5.32 Å². The molecule has 3 rings (SSSR count). The highest BCUT2D eigenvalue weighted by Crippen LogP contribution is 2.36. The van der Waals surface area contributed by atoms with E-state index < -0.39 is 17.5 Å². The predicted octanol–water partition coefficient (Wildman–Crippen LogP) is 2.51. The zero-order chi connectivity index (χ0) is 17.6. The summed E-state index contributed by atoms with van der Waals surface area (Å²) in [6.45, 7) is 2.12. The van der Waals surface area contributed by atoms with Gasteiger partial charge in [0.05, 0.1) is 17.6 Å². The number of nitrogens with one attached hydrogen (secondary N) is 1. The first-order valence-electron chi connectivity index (χ1n) is 7.69. The number of amides is 2. The van der Waals surface area contributed by atoms with Gasteiger partial charge in [0.15, 0.2) is 5.78 Å². The maximum Gasteiger partial charge on any atom is 0.417 e. The Morgan fingerprint density at radius 1 is 1.33 bits per heavy atom. The highest BCUT2D eigenvalue weighted by molar-refractivity contribution is 5.96. The highest BCUT2D eigenvalue weighted by atomic mass is 19.4. The van der Waals surface area contributed by atoms with Crippen molar-refractivity contribution in [1.29, 1.82) is 0 Å². The van der Waals surface area contributed by atoms with E-state index in [0.29, 0.717) is 25.2 Å². The third-order valence-electron chi connectivity index (χ3n) is 4.76. The predicted molar refractivity (Wildman–Crippen MR) is 82.1 cm³/mol. The van der Waals surface area contributed by atoms with Crippen LogP contribution in [-0.4, -0.2) is 48.9 Å². The maximum absolute atomic E-state index is 13.2. The molecular formula is C16H18F3N3O2. The van der Waals surface area contributed by atoms with Gasteiger partial charge in [0.1, 0.15) is 0 Å². The molecule has 2 aliphatic rings. The first-order chi connectivity index (χ1) is 11.2. The van der Waals surface area contributed by atoms with Crippen LogP contribution >= 0.6 is 0 Å². The Labute approximate surface area is 137 Å². The number of Topliss-reactive ketones (excluding diaryl/α,β-unsaturated/α-hetero) is 1. The molecule has 130 valence electrons. The zero-order valence-corrected chi connectivity index (χ0v) is 13.4. The van der Waals surface area contributed by atoms with Crippen LogP contribution in [0.15, 0.2) is 18.2 Å². The Morgan fingerprint density at radius 3 is 2.67 bits per heavy atom. The summed E-state index contributed by atoms with van der Waals surface area (Å²) >= 11 is 0. The minimum atomic E-state index is -4.59. The van der Waals surface area contributed by atoms with E-state index in [1.807, 2.05) is 4.90 Å². The molecular weight excluding hydrogens is 323 g/mol. The van der Waals surface area contributed by atoms with Crippen LogP contribution in [0.1, 0.15) is 29.3 Å². The van der Waals surface area contributed by atoms with Crippen LogP contribution < -0.4 is 10.2 Å². The topological polar surface area (TPSA) is 52.7 Å². The van der Waals surface area contributed by atoms with Crippen LogP contribution in [0.5, 0.6) is 0 Å². The molecule has 8 heteroatoms. The van der Waals surface area contributed by atoms with E-state index in [1.165, 1.54) is 12.1 Å². The number of rotatable bonds is 2. The van der Waals surface area contributed by atoms with Gasteiger partial charge in [-0.25, -0.2) is 4.79 Å². The van der Waals surface area contributed by atoms with Gasteiger partial charge >= 0.3 is 12.2 Å². The summed E-state index contributed by atoms with van der Waals surface area (Å²) in [5.41, 5.74) is -0.827. The standard InChI is InChI=1S/C16H18F3N3O2/c1-9(23)11-4-3-10(7-12(11)16(17,18)19)22-6-5-14-13(8-22)20-15(24)21(14)2/h3-4,7,13-14H,5-6,8H2,1-2H3,(H,20,24)/t13-,14+/m1/s1. The van der Waals surface area contributed by atoms with Crippen molar-refractivity contribution in [3.63, 3.8) is 0 Å². The second-order valence-corrected chi connectivity index (χ2v) is 6.25.